The van der Waals surface area contributed by atoms with Gasteiger partial charge in [-0.15, -0.1) is 0 Å². The van der Waals surface area contributed by atoms with E-state index in [-0.39, 0.29) is 47.8 Å². The molecule has 188 valence electrons. The van der Waals surface area contributed by atoms with Gasteiger partial charge < -0.3 is 24.6 Å². The normalized spacial score (nSPS) is 21.3. The number of methoxy groups -OCH3 is 1. The summed E-state index contributed by atoms with van der Waals surface area (Å²) in [6.07, 6.45) is -0.272. The number of rotatable bonds is 3. The van der Waals surface area contributed by atoms with Crippen molar-refractivity contribution in [3.05, 3.63) is 59.4 Å². The molecule has 0 radical (unpaired) electrons. The van der Waals surface area contributed by atoms with E-state index < -0.39 is 11.7 Å². The molecule has 35 heavy (non-hydrogen) atoms. The second-order valence-corrected chi connectivity index (χ2v) is 8.94. The van der Waals surface area contributed by atoms with Crippen LogP contribution in [0.15, 0.2) is 42.5 Å². The molecule has 1 heterocycles. The Hall–Kier alpha value is -3.46. The largest absolute Gasteiger partial charge is 0.491 e. The Balaban J connectivity index is 1.94. The molecule has 0 saturated heterocycles. The molecule has 0 aliphatic carbocycles. The Labute approximate surface area is 205 Å². The Morgan fingerprint density at radius 2 is 1.89 bits per heavy atom. The minimum atomic E-state index is -0.514. The van der Waals surface area contributed by atoms with E-state index in [0.29, 0.717) is 24.3 Å². The lowest BCUT2D eigenvalue weighted by molar-refractivity contribution is -0.133. The number of nitrogens with zero attached hydrogens (tertiary/aromatic N) is 2. The fourth-order valence-corrected chi connectivity index (χ4v) is 4.12. The zero-order chi connectivity index (χ0) is 25.7. The van der Waals surface area contributed by atoms with Gasteiger partial charge in [0.1, 0.15) is 18.2 Å². The van der Waals surface area contributed by atoms with E-state index >= 15 is 0 Å². The van der Waals surface area contributed by atoms with E-state index in [2.05, 4.69) is 5.32 Å². The number of hydrogen-bond acceptors (Lipinski definition) is 5. The molecule has 0 aromatic heterocycles. The molecule has 8 nitrogen and oxygen atoms in total. The van der Waals surface area contributed by atoms with Gasteiger partial charge in [0.05, 0.1) is 17.7 Å². The van der Waals surface area contributed by atoms with Crippen LogP contribution in [0.3, 0.4) is 0 Å². The summed E-state index contributed by atoms with van der Waals surface area (Å²) in [5, 5.41) is 2.71. The van der Waals surface area contributed by atoms with Crippen molar-refractivity contribution >= 4 is 23.4 Å². The molecule has 0 fully saturated rings. The lowest BCUT2D eigenvalue weighted by Gasteiger charge is -2.35. The molecular formula is C26H32FN3O5. The number of carbonyl (C=O) groups is 3. The maximum atomic E-state index is 13.5. The third kappa shape index (κ3) is 6.36. The third-order valence-corrected chi connectivity index (χ3v) is 6.20. The van der Waals surface area contributed by atoms with Crippen molar-refractivity contribution in [2.75, 3.05) is 39.2 Å². The van der Waals surface area contributed by atoms with Gasteiger partial charge in [-0.25, -0.2) is 4.39 Å². The van der Waals surface area contributed by atoms with Gasteiger partial charge in [-0.2, -0.15) is 0 Å². The minimum Gasteiger partial charge on any atom is -0.491 e. The van der Waals surface area contributed by atoms with Crippen LogP contribution in [0.1, 0.15) is 41.5 Å². The molecule has 3 atom stereocenters. The highest BCUT2D eigenvalue weighted by Crippen LogP contribution is 2.27. The number of nitrogens with one attached hydrogen (secondary N) is 1. The first-order chi connectivity index (χ1) is 16.6. The van der Waals surface area contributed by atoms with Crippen LogP contribution in [0.4, 0.5) is 10.1 Å². The lowest BCUT2D eigenvalue weighted by atomic mass is 10.0. The average molecular weight is 486 g/mol. The van der Waals surface area contributed by atoms with Crippen molar-refractivity contribution in [3.8, 4) is 5.75 Å². The van der Waals surface area contributed by atoms with Crippen molar-refractivity contribution in [1.82, 2.24) is 9.80 Å². The highest BCUT2D eigenvalue weighted by molar-refractivity contribution is 6.05. The zero-order valence-corrected chi connectivity index (χ0v) is 20.7. The van der Waals surface area contributed by atoms with Crippen LogP contribution in [0.5, 0.6) is 5.75 Å². The van der Waals surface area contributed by atoms with Gasteiger partial charge in [0.2, 0.25) is 5.91 Å². The number of likely N-dealkylation sites (N-methyl/N-ethyl adjacent to an activating group) is 1. The van der Waals surface area contributed by atoms with E-state index in [0.717, 1.165) is 6.07 Å². The summed E-state index contributed by atoms with van der Waals surface area (Å²) in [4.78, 5) is 41.5. The Bertz CT molecular complexity index is 1090. The topological polar surface area (TPSA) is 88.2 Å². The number of anilines is 1. The van der Waals surface area contributed by atoms with Gasteiger partial charge in [0.25, 0.3) is 11.8 Å². The molecule has 2 aromatic rings. The van der Waals surface area contributed by atoms with Gasteiger partial charge in [0.15, 0.2) is 0 Å². The van der Waals surface area contributed by atoms with Crippen molar-refractivity contribution < 1.29 is 28.2 Å². The number of ether oxygens (including phenoxy) is 2. The molecule has 2 aromatic carbocycles. The smallest absolute Gasteiger partial charge is 0.257 e. The Morgan fingerprint density at radius 1 is 1.14 bits per heavy atom. The van der Waals surface area contributed by atoms with Crippen LogP contribution < -0.4 is 10.1 Å². The van der Waals surface area contributed by atoms with Crippen molar-refractivity contribution in [3.63, 3.8) is 0 Å². The fourth-order valence-electron chi connectivity index (χ4n) is 4.12. The van der Waals surface area contributed by atoms with E-state index in [1.807, 2.05) is 13.8 Å². The van der Waals surface area contributed by atoms with Gasteiger partial charge in [0, 0.05) is 57.4 Å². The third-order valence-electron chi connectivity index (χ3n) is 6.20. The van der Waals surface area contributed by atoms with Crippen LogP contribution >= 0.6 is 0 Å². The first-order valence-electron chi connectivity index (χ1n) is 11.5. The van der Waals surface area contributed by atoms with E-state index in [1.54, 1.807) is 42.2 Å². The van der Waals surface area contributed by atoms with E-state index in [1.165, 1.54) is 25.1 Å². The molecule has 0 spiro atoms. The maximum Gasteiger partial charge on any atom is 0.257 e. The molecule has 0 saturated carbocycles. The van der Waals surface area contributed by atoms with Crippen molar-refractivity contribution in [2.24, 2.45) is 5.92 Å². The number of hydrogen-bond donors (Lipinski definition) is 1. The number of benzene rings is 2. The van der Waals surface area contributed by atoms with Crippen LogP contribution in [-0.4, -0.2) is 73.5 Å². The monoisotopic (exact) mass is 485 g/mol. The summed E-state index contributed by atoms with van der Waals surface area (Å²) < 4.78 is 25.2. The lowest BCUT2D eigenvalue weighted by Crippen LogP contribution is -2.48. The second kappa shape index (κ2) is 11.3. The van der Waals surface area contributed by atoms with E-state index in [4.69, 9.17) is 9.47 Å². The van der Waals surface area contributed by atoms with Crippen molar-refractivity contribution in [2.45, 2.75) is 32.9 Å². The second-order valence-electron chi connectivity index (χ2n) is 8.94. The summed E-state index contributed by atoms with van der Waals surface area (Å²) in [7, 11) is 3.28. The standard InChI is InChI=1S/C26H32FN3O5/c1-16-13-30(18(3)31)17(2)15-35-23-12-21(28-25(32)19-7-6-8-20(27)11-19)9-10-22(23)26(33)29(4)14-24(16)34-5/h6-12,16-17,24H,13-15H2,1-5H3,(H,28,32)/t16-,17+,24+/m0/s1. The molecule has 3 rings (SSSR count). The van der Waals surface area contributed by atoms with Gasteiger partial charge in [-0.05, 0) is 37.3 Å². The molecule has 1 aliphatic heterocycles. The minimum absolute atomic E-state index is 0.0130. The predicted octanol–water partition coefficient (Wildman–Crippen LogP) is 3.43. The molecule has 0 unspecified atom stereocenters. The quantitative estimate of drug-likeness (QED) is 0.720. The van der Waals surface area contributed by atoms with Gasteiger partial charge in [-0.3, -0.25) is 14.4 Å². The first-order valence-corrected chi connectivity index (χ1v) is 11.5. The molecule has 1 N–H and O–H groups in total. The SMILES string of the molecule is CO[C@@H]1CN(C)C(=O)c2ccc(NC(=O)c3cccc(F)c3)cc2OC[C@@H](C)N(C(C)=O)C[C@@H]1C. The number of fused-ring (bicyclic) bond motifs is 1. The summed E-state index contributed by atoms with van der Waals surface area (Å²) in [6, 6.07) is 9.84. The number of amides is 3. The van der Waals surface area contributed by atoms with Gasteiger partial charge >= 0.3 is 0 Å². The van der Waals surface area contributed by atoms with Gasteiger partial charge in [-0.1, -0.05) is 13.0 Å². The molecule has 9 heteroatoms. The summed E-state index contributed by atoms with van der Waals surface area (Å²) in [5.41, 5.74) is 0.876. The van der Waals surface area contributed by atoms with Crippen LogP contribution in [0.2, 0.25) is 0 Å². The summed E-state index contributed by atoms with van der Waals surface area (Å²) >= 11 is 0. The number of halogens is 1. The summed E-state index contributed by atoms with van der Waals surface area (Å²) in [6.45, 7) is 6.31. The fraction of sp³-hybridized carbons (Fsp3) is 0.423. The van der Waals surface area contributed by atoms with Crippen molar-refractivity contribution in [1.29, 1.82) is 0 Å². The maximum absolute atomic E-state index is 13.5. The molecule has 0 bridgehead atoms. The molecule has 1 aliphatic rings. The van der Waals surface area contributed by atoms with Crippen LogP contribution in [0, 0.1) is 11.7 Å². The first kappa shape index (κ1) is 26.2. The molecule has 3 amide bonds. The average Bonchev–Trinajstić information content (AvgIpc) is 2.82. The highest BCUT2D eigenvalue weighted by Gasteiger charge is 2.29. The summed E-state index contributed by atoms with van der Waals surface area (Å²) in [5.74, 6) is -1.08. The zero-order valence-electron chi connectivity index (χ0n) is 20.7. The Morgan fingerprint density at radius 3 is 2.54 bits per heavy atom. The number of carbonyl (C=O) groups excluding carboxylic acids is 3. The van der Waals surface area contributed by atoms with Crippen LogP contribution in [-0.2, 0) is 9.53 Å². The van der Waals surface area contributed by atoms with E-state index in [9.17, 15) is 18.8 Å². The molecular weight excluding hydrogens is 453 g/mol. The Kier molecular flexibility index (Phi) is 8.45. The predicted molar refractivity (Wildman–Crippen MR) is 130 cm³/mol. The highest BCUT2D eigenvalue weighted by atomic mass is 19.1. The van der Waals surface area contributed by atoms with Crippen LogP contribution in [0.25, 0.3) is 0 Å².